The van der Waals surface area contributed by atoms with Crippen molar-refractivity contribution in [1.29, 1.82) is 0 Å². The predicted octanol–water partition coefficient (Wildman–Crippen LogP) is 1.69. The van der Waals surface area contributed by atoms with Gasteiger partial charge in [-0.3, -0.25) is 4.73 Å². The molecule has 1 aromatic rings. The van der Waals surface area contributed by atoms with Crippen molar-refractivity contribution >= 4 is 11.8 Å². The Kier molecular flexibility index (Phi) is 2.21. The highest BCUT2D eigenvalue weighted by Crippen LogP contribution is 2.38. The van der Waals surface area contributed by atoms with Gasteiger partial charge in [-0.15, -0.1) is 6.07 Å². The van der Waals surface area contributed by atoms with Gasteiger partial charge >= 0.3 is 0 Å². The minimum absolute atomic E-state index is 0.541. The highest BCUT2D eigenvalue weighted by Gasteiger charge is 2.15. The summed E-state index contributed by atoms with van der Waals surface area (Å²) in [6.07, 6.45) is 6.65. The van der Waals surface area contributed by atoms with Gasteiger partial charge in [-0.05, 0) is 18.6 Å². The van der Waals surface area contributed by atoms with Gasteiger partial charge in [0.05, 0.1) is 6.20 Å². The van der Waals surface area contributed by atoms with Crippen LogP contribution < -0.4 is 4.73 Å². The van der Waals surface area contributed by atoms with Crippen molar-refractivity contribution in [1.82, 2.24) is 0 Å². The summed E-state index contributed by atoms with van der Waals surface area (Å²) in [5.74, 6) is 1.22. The topological polar surface area (TPSA) is 26.9 Å². The van der Waals surface area contributed by atoms with Crippen LogP contribution in [0.5, 0.6) is 0 Å². The van der Waals surface area contributed by atoms with Gasteiger partial charge in [-0.25, -0.2) is 0 Å². The lowest BCUT2D eigenvalue weighted by molar-refractivity contribution is -0.610. The highest BCUT2D eigenvalue weighted by molar-refractivity contribution is 7.99. The maximum absolute atomic E-state index is 10.9. The fraction of sp³-hybridized carbons (Fsp3) is 0.444. The molecule has 0 N–H and O–H groups in total. The Bertz CT molecular complexity index is 271. The second-order valence-corrected chi connectivity index (χ2v) is 4.23. The summed E-state index contributed by atoms with van der Waals surface area (Å²) >= 11 is 1.94. The first-order chi connectivity index (χ1) is 5.86. The van der Waals surface area contributed by atoms with Crippen LogP contribution in [0, 0.1) is 11.4 Å². The molecule has 3 heteroatoms. The Morgan fingerprint density at radius 2 is 2.58 bits per heavy atom. The Balaban J connectivity index is 2.21. The first kappa shape index (κ1) is 7.92. The van der Waals surface area contributed by atoms with E-state index >= 15 is 0 Å². The van der Waals surface area contributed by atoms with Gasteiger partial charge in [-0.1, -0.05) is 5.56 Å². The van der Waals surface area contributed by atoms with Crippen molar-refractivity contribution in [3.63, 3.8) is 0 Å². The third-order valence-corrected chi connectivity index (χ3v) is 3.48. The van der Waals surface area contributed by atoms with E-state index in [0.717, 1.165) is 10.3 Å². The third-order valence-electron chi connectivity index (χ3n) is 2.05. The van der Waals surface area contributed by atoms with E-state index < -0.39 is 0 Å². The molecule has 1 aromatic heterocycles. The van der Waals surface area contributed by atoms with Crippen molar-refractivity contribution in [2.24, 2.45) is 0 Å². The molecule has 0 radical (unpaired) electrons. The molecule has 0 aromatic carbocycles. The number of aromatic nitrogens is 1. The van der Waals surface area contributed by atoms with Crippen molar-refractivity contribution in [3.05, 3.63) is 35.3 Å². The Morgan fingerprint density at radius 1 is 1.67 bits per heavy atom. The SMILES string of the molecule is [O-][n+]1[c-]ccc(C2CCCS2)c1. The average Bonchev–Trinajstić information content (AvgIpc) is 2.56. The smallest absolute Gasteiger partial charge is 0.125 e. The van der Waals surface area contributed by atoms with Crippen LogP contribution in [0.2, 0.25) is 0 Å². The number of pyridine rings is 1. The average molecular weight is 180 g/mol. The molecule has 0 amide bonds. The molecule has 2 nitrogen and oxygen atoms in total. The predicted molar refractivity (Wildman–Crippen MR) is 48.7 cm³/mol. The Morgan fingerprint density at radius 3 is 3.25 bits per heavy atom. The molecule has 1 atom stereocenters. The minimum Gasteiger partial charge on any atom is -0.641 e. The molecule has 0 spiro atoms. The van der Waals surface area contributed by atoms with Gasteiger partial charge in [0.2, 0.25) is 0 Å². The fourth-order valence-electron chi connectivity index (χ4n) is 1.45. The Labute approximate surface area is 76.2 Å². The minimum atomic E-state index is 0.541. The molecule has 1 saturated heterocycles. The summed E-state index contributed by atoms with van der Waals surface area (Å²) in [6, 6.07) is 3.68. The molecule has 12 heavy (non-hydrogen) atoms. The van der Waals surface area contributed by atoms with Gasteiger partial charge in [0.25, 0.3) is 0 Å². The van der Waals surface area contributed by atoms with Crippen molar-refractivity contribution in [2.75, 3.05) is 5.75 Å². The van der Waals surface area contributed by atoms with Crippen molar-refractivity contribution in [2.45, 2.75) is 18.1 Å². The third kappa shape index (κ3) is 1.55. The molecular weight excluding hydrogens is 170 g/mol. The van der Waals surface area contributed by atoms with Crippen molar-refractivity contribution in [3.8, 4) is 0 Å². The van der Waals surface area contributed by atoms with Gasteiger partial charge in [-0.2, -0.15) is 17.8 Å². The lowest BCUT2D eigenvalue weighted by Gasteiger charge is -2.12. The summed E-state index contributed by atoms with van der Waals surface area (Å²) < 4.78 is 0.758. The van der Waals surface area contributed by atoms with Crippen LogP contribution >= 0.6 is 11.8 Å². The van der Waals surface area contributed by atoms with E-state index in [-0.39, 0.29) is 0 Å². The molecule has 2 rings (SSSR count). The molecule has 1 aliphatic heterocycles. The molecule has 2 heterocycles. The first-order valence-corrected chi connectivity index (χ1v) is 5.13. The van der Waals surface area contributed by atoms with Gasteiger partial charge in [0.1, 0.15) is 6.20 Å². The van der Waals surface area contributed by atoms with E-state index in [1.807, 2.05) is 17.8 Å². The van der Waals surface area contributed by atoms with E-state index in [0.29, 0.717) is 5.25 Å². The Hall–Kier alpha value is -0.700. The maximum Gasteiger partial charge on any atom is 0.125 e. The van der Waals surface area contributed by atoms with Gasteiger partial charge in [0, 0.05) is 5.25 Å². The lowest BCUT2D eigenvalue weighted by Crippen LogP contribution is -2.25. The summed E-state index contributed by atoms with van der Waals surface area (Å²) in [4.78, 5) is 0. The van der Waals surface area contributed by atoms with E-state index in [9.17, 15) is 5.21 Å². The van der Waals surface area contributed by atoms with Crippen LogP contribution in [-0.4, -0.2) is 5.75 Å². The second kappa shape index (κ2) is 3.35. The number of hydrogen-bond donors (Lipinski definition) is 0. The molecule has 1 fully saturated rings. The lowest BCUT2D eigenvalue weighted by atomic mass is 10.1. The van der Waals surface area contributed by atoms with Gasteiger partial charge in [0.15, 0.2) is 0 Å². The van der Waals surface area contributed by atoms with Crippen LogP contribution in [0.25, 0.3) is 0 Å². The molecular formula is C9H10NOS-. The molecule has 0 saturated carbocycles. The summed E-state index contributed by atoms with van der Waals surface area (Å²) in [5, 5.41) is 11.4. The number of thioether (sulfide) groups is 1. The number of nitrogens with zero attached hydrogens (tertiary/aromatic N) is 1. The van der Waals surface area contributed by atoms with Gasteiger partial charge < -0.3 is 5.21 Å². The first-order valence-electron chi connectivity index (χ1n) is 4.09. The molecule has 1 aliphatic rings. The fourth-order valence-corrected chi connectivity index (χ4v) is 2.74. The highest BCUT2D eigenvalue weighted by atomic mass is 32.2. The summed E-state index contributed by atoms with van der Waals surface area (Å²) in [5.41, 5.74) is 1.14. The standard InChI is InChI=1S/C9H10NOS/c11-10-5-1-3-8(7-10)9-4-2-6-12-9/h1,3,7,9H,2,4,6H2/q-1. The van der Waals surface area contributed by atoms with E-state index in [4.69, 9.17) is 0 Å². The monoisotopic (exact) mass is 180 g/mol. The van der Waals surface area contributed by atoms with Crippen LogP contribution in [0.4, 0.5) is 0 Å². The number of rotatable bonds is 1. The van der Waals surface area contributed by atoms with Crippen LogP contribution in [0.15, 0.2) is 18.3 Å². The van der Waals surface area contributed by atoms with E-state index in [1.165, 1.54) is 18.6 Å². The quantitative estimate of drug-likeness (QED) is 0.373. The van der Waals surface area contributed by atoms with Crippen molar-refractivity contribution < 1.29 is 4.73 Å². The number of hydrogen-bond acceptors (Lipinski definition) is 2. The maximum atomic E-state index is 10.9. The van der Waals surface area contributed by atoms with E-state index in [2.05, 4.69) is 6.20 Å². The van der Waals surface area contributed by atoms with E-state index in [1.54, 1.807) is 12.3 Å². The zero-order valence-corrected chi connectivity index (χ0v) is 7.51. The molecule has 0 aliphatic carbocycles. The zero-order chi connectivity index (χ0) is 8.39. The zero-order valence-electron chi connectivity index (χ0n) is 6.69. The molecule has 0 bridgehead atoms. The second-order valence-electron chi connectivity index (χ2n) is 2.92. The normalized spacial score (nSPS) is 22.8. The van der Waals surface area contributed by atoms with Crippen LogP contribution in [0.3, 0.4) is 0 Å². The largest absolute Gasteiger partial charge is 0.641 e. The molecule has 1 unspecified atom stereocenters. The summed E-state index contributed by atoms with van der Waals surface area (Å²) in [7, 11) is 0. The van der Waals surface area contributed by atoms with Crippen LogP contribution in [0.1, 0.15) is 23.7 Å². The summed E-state index contributed by atoms with van der Waals surface area (Å²) in [6.45, 7) is 0. The van der Waals surface area contributed by atoms with Crippen LogP contribution in [-0.2, 0) is 0 Å². The molecule has 64 valence electrons.